The Morgan fingerprint density at radius 1 is 0.909 bits per heavy atom. The highest BCUT2D eigenvalue weighted by Gasteiger charge is 2.27. The lowest BCUT2D eigenvalue weighted by Crippen LogP contribution is -2.47. The van der Waals surface area contributed by atoms with Gasteiger partial charge in [-0.3, -0.25) is 4.90 Å². The molecule has 0 bridgehead atoms. The largest absolute Gasteiger partial charge is 0.507 e. The lowest BCUT2D eigenvalue weighted by Gasteiger charge is -2.35. The van der Waals surface area contributed by atoms with Gasteiger partial charge in [-0.15, -0.1) is 0 Å². The minimum Gasteiger partial charge on any atom is -0.507 e. The van der Waals surface area contributed by atoms with E-state index in [4.69, 9.17) is 4.98 Å². The van der Waals surface area contributed by atoms with Crippen molar-refractivity contribution in [2.24, 2.45) is 0 Å². The number of nitrogens with one attached hydrogen (secondary N) is 1. The van der Waals surface area contributed by atoms with Crippen molar-refractivity contribution < 1.29 is 10.2 Å². The topological polar surface area (TPSA) is 75.6 Å². The molecule has 6 heteroatoms. The molecule has 0 amide bonds. The van der Waals surface area contributed by atoms with Crippen LogP contribution >= 0.6 is 0 Å². The molecule has 6 nitrogen and oxygen atoms in total. The number of piperazine rings is 1. The minimum atomic E-state index is -0.183. The van der Waals surface area contributed by atoms with E-state index in [1.807, 2.05) is 0 Å². The summed E-state index contributed by atoms with van der Waals surface area (Å²) < 4.78 is 0. The molecule has 1 saturated heterocycles. The van der Waals surface area contributed by atoms with Crippen molar-refractivity contribution in [2.75, 3.05) is 44.2 Å². The standard InChI is InChI=1S/C27H38N4O2/c1-26(2,3)20-15-18(16-21(24(20)33)27(4,5)6)25-28-22-8-7-19(17-23(22)29-25)31-11-9-30(10-12-31)13-14-32/h7-8,15-17,32-33H,9-14H2,1-6H3,(H,28,29). The molecule has 0 radical (unpaired) electrons. The summed E-state index contributed by atoms with van der Waals surface area (Å²) >= 11 is 0. The second kappa shape index (κ2) is 8.65. The normalized spacial score (nSPS) is 16.0. The van der Waals surface area contributed by atoms with Crippen molar-refractivity contribution in [3.8, 4) is 17.1 Å². The number of fused-ring (bicyclic) bond motifs is 1. The molecule has 3 aromatic rings. The van der Waals surface area contributed by atoms with Crippen molar-refractivity contribution >= 4 is 16.7 Å². The number of β-amino-alcohol motifs (C(OH)–C–C–N with tert-alkyl or cyclic N) is 1. The molecule has 0 spiro atoms. The first kappa shape index (κ1) is 23.6. The molecule has 1 fully saturated rings. The first-order valence-corrected chi connectivity index (χ1v) is 11.9. The fourth-order valence-electron chi connectivity index (χ4n) is 4.62. The third-order valence-electron chi connectivity index (χ3n) is 6.62. The molecule has 1 aliphatic rings. The van der Waals surface area contributed by atoms with Crippen LogP contribution in [0.1, 0.15) is 52.7 Å². The number of aromatic nitrogens is 2. The number of imidazole rings is 1. The molecule has 33 heavy (non-hydrogen) atoms. The molecule has 1 aliphatic heterocycles. The highest BCUT2D eigenvalue weighted by Crippen LogP contribution is 2.41. The number of aromatic hydroxyl groups is 1. The van der Waals surface area contributed by atoms with Gasteiger partial charge in [-0.25, -0.2) is 4.98 Å². The number of phenols is 1. The molecule has 0 saturated carbocycles. The molecular formula is C27H38N4O2. The van der Waals surface area contributed by atoms with E-state index in [1.54, 1.807) is 0 Å². The van der Waals surface area contributed by atoms with Crippen LogP contribution in [0.25, 0.3) is 22.4 Å². The predicted octanol–water partition coefficient (Wildman–Crippen LogP) is 4.64. The van der Waals surface area contributed by atoms with Crippen molar-refractivity contribution in [3.63, 3.8) is 0 Å². The predicted molar refractivity (Wildman–Crippen MR) is 136 cm³/mol. The van der Waals surface area contributed by atoms with Crippen LogP contribution in [0.5, 0.6) is 5.75 Å². The minimum absolute atomic E-state index is 0.183. The van der Waals surface area contributed by atoms with Crippen LogP contribution in [0.3, 0.4) is 0 Å². The summed E-state index contributed by atoms with van der Waals surface area (Å²) in [5.74, 6) is 1.21. The number of aliphatic hydroxyl groups excluding tert-OH is 1. The van der Waals surface area contributed by atoms with E-state index in [-0.39, 0.29) is 17.4 Å². The van der Waals surface area contributed by atoms with Gasteiger partial charge in [-0.1, -0.05) is 41.5 Å². The maximum atomic E-state index is 11.1. The van der Waals surface area contributed by atoms with Crippen LogP contribution in [0, 0.1) is 0 Å². The Hall–Kier alpha value is -2.57. The molecule has 3 N–H and O–H groups in total. The molecule has 1 aromatic heterocycles. The van der Waals surface area contributed by atoms with Crippen LogP contribution < -0.4 is 4.90 Å². The number of nitrogens with zero attached hydrogens (tertiary/aromatic N) is 3. The average molecular weight is 451 g/mol. The number of aliphatic hydroxyl groups is 1. The van der Waals surface area contributed by atoms with E-state index in [1.165, 1.54) is 5.69 Å². The Kier molecular flexibility index (Phi) is 6.18. The zero-order chi connectivity index (χ0) is 24.0. The number of phenolic OH excluding ortho intramolecular Hbond substituents is 1. The first-order chi connectivity index (χ1) is 15.5. The third kappa shape index (κ3) is 4.87. The number of rotatable bonds is 4. The molecule has 0 aliphatic carbocycles. The monoisotopic (exact) mass is 450 g/mol. The van der Waals surface area contributed by atoms with Gasteiger partial charge in [-0.2, -0.15) is 0 Å². The summed E-state index contributed by atoms with van der Waals surface area (Å²) in [4.78, 5) is 13.1. The summed E-state index contributed by atoms with van der Waals surface area (Å²) in [5.41, 5.74) is 5.65. The fourth-order valence-corrected chi connectivity index (χ4v) is 4.62. The maximum absolute atomic E-state index is 11.1. The maximum Gasteiger partial charge on any atom is 0.138 e. The smallest absolute Gasteiger partial charge is 0.138 e. The van der Waals surface area contributed by atoms with E-state index < -0.39 is 0 Å². The Balaban J connectivity index is 1.70. The fraction of sp³-hybridized carbons (Fsp3) is 0.519. The number of aromatic amines is 1. The van der Waals surface area contributed by atoms with Crippen LogP contribution in [0.4, 0.5) is 5.69 Å². The van der Waals surface area contributed by atoms with Gasteiger partial charge in [0.2, 0.25) is 0 Å². The van der Waals surface area contributed by atoms with E-state index in [2.05, 4.69) is 86.7 Å². The molecular weight excluding hydrogens is 412 g/mol. The van der Waals surface area contributed by atoms with Crippen LogP contribution in [-0.4, -0.2) is 64.4 Å². The molecule has 2 heterocycles. The van der Waals surface area contributed by atoms with Gasteiger partial charge in [-0.05, 0) is 41.2 Å². The Morgan fingerprint density at radius 2 is 1.52 bits per heavy atom. The lowest BCUT2D eigenvalue weighted by molar-refractivity contribution is 0.189. The summed E-state index contributed by atoms with van der Waals surface area (Å²) in [6, 6.07) is 10.6. The van der Waals surface area contributed by atoms with Gasteiger partial charge in [0.15, 0.2) is 0 Å². The van der Waals surface area contributed by atoms with Crippen molar-refractivity contribution in [1.29, 1.82) is 0 Å². The second-order valence-electron chi connectivity index (χ2n) is 11.3. The Morgan fingerprint density at radius 3 is 2.06 bits per heavy atom. The average Bonchev–Trinajstić information content (AvgIpc) is 3.16. The van der Waals surface area contributed by atoms with Crippen molar-refractivity contribution in [3.05, 3.63) is 41.5 Å². The SMILES string of the molecule is CC(C)(C)c1cc(-c2nc3ccc(N4CCN(CCO)CC4)cc3[nH]2)cc(C(C)(C)C)c1O. The number of hydrogen-bond acceptors (Lipinski definition) is 5. The van der Waals surface area contributed by atoms with Gasteiger partial charge in [0.05, 0.1) is 17.6 Å². The Labute approximate surface area is 197 Å². The number of benzene rings is 2. The van der Waals surface area contributed by atoms with Gasteiger partial charge in [0.25, 0.3) is 0 Å². The van der Waals surface area contributed by atoms with Crippen LogP contribution in [-0.2, 0) is 10.8 Å². The second-order valence-corrected chi connectivity index (χ2v) is 11.3. The quantitative estimate of drug-likeness (QED) is 0.540. The molecule has 178 valence electrons. The number of H-pyrrole nitrogens is 1. The molecule has 0 atom stereocenters. The summed E-state index contributed by atoms with van der Waals surface area (Å²) in [6.07, 6.45) is 0. The van der Waals surface area contributed by atoms with Gasteiger partial charge in [0, 0.05) is 55.1 Å². The number of anilines is 1. The summed E-state index contributed by atoms with van der Waals surface area (Å²) in [5, 5.41) is 20.2. The van der Waals surface area contributed by atoms with Gasteiger partial charge in [0.1, 0.15) is 11.6 Å². The molecule has 0 unspecified atom stereocenters. The van der Waals surface area contributed by atoms with Crippen molar-refractivity contribution in [2.45, 2.75) is 52.4 Å². The highest BCUT2D eigenvalue weighted by molar-refractivity contribution is 5.83. The van der Waals surface area contributed by atoms with Crippen molar-refractivity contribution in [1.82, 2.24) is 14.9 Å². The first-order valence-electron chi connectivity index (χ1n) is 11.9. The third-order valence-corrected chi connectivity index (χ3v) is 6.62. The van der Waals surface area contributed by atoms with E-state index >= 15 is 0 Å². The number of hydrogen-bond donors (Lipinski definition) is 3. The molecule has 2 aromatic carbocycles. The highest BCUT2D eigenvalue weighted by atomic mass is 16.3. The van der Waals surface area contributed by atoms with E-state index in [0.717, 1.165) is 66.3 Å². The van der Waals surface area contributed by atoms with Gasteiger partial charge >= 0.3 is 0 Å². The zero-order valence-corrected chi connectivity index (χ0v) is 20.9. The zero-order valence-electron chi connectivity index (χ0n) is 20.9. The van der Waals surface area contributed by atoms with Crippen LogP contribution in [0.15, 0.2) is 30.3 Å². The van der Waals surface area contributed by atoms with Gasteiger partial charge < -0.3 is 20.1 Å². The Bertz CT molecular complexity index is 1090. The summed E-state index contributed by atoms with van der Waals surface area (Å²) in [6.45, 7) is 17.6. The van der Waals surface area contributed by atoms with E-state index in [9.17, 15) is 10.2 Å². The summed E-state index contributed by atoms with van der Waals surface area (Å²) in [7, 11) is 0. The van der Waals surface area contributed by atoms with E-state index in [0.29, 0.717) is 5.75 Å². The lowest BCUT2D eigenvalue weighted by atomic mass is 9.78. The molecule has 4 rings (SSSR count). The van der Waals surface area contributed by atoms with Crippen LogP contribution in [0.2, 0.25) is 0 Å².